The van der Waals surface area contributed by atoms with Gasteiger partial charge in [0.2, 0.25) is 11.6 Å². The molecule has 0 N–H and O–H groups in total. The molecule has 0 radical (unpaired) electrons. The van der Waals surface area contributed by atoms with E-state index in [1.165, 1.54) is 6.08 Å². The zero-order valence-electron chi connectivity index (χ0n) is 10.1. The van der Waals surface area contributed by atoms with Crippen LogP contribution in [0.3, 0.4) is 0 Å². The van der Waals surface area contributed by atoms with Crippen molar-refractivity contribution in [3.8, 4) is 0 Å². The molecule has 2 aromatic carbocycles. The molecule has 1 aliphatic carbocycles. The highest BCUT2D eigenvalue weighted by Gasteiger charge is 2.26. The van der Waals surface area contributed by atoms with E-state index in [2.05, 4.69) is 0 Å². The molecule has 0 heterocycles. The molecule has 0 saturated carbocycles. The molecule has 0 bridgehead atoms. The smallest absolute Gasteiger partial charge is 0.233 e. The number of fused-ring (bicyclic) bond motifs is 3. The van der Waals surface area contributed by atoms with Crippen molar-refractivity contribution in [2.75, 3.05) is 0 Å². The van der Waals surface area contributed by atoms with Gasteiger partial charge in [-0.05, 0) is 40.5 Å². The Kier molecular flexibility index (Phi) is 2.37. The summed E-state index contributed by atoms with van der Waals surface area (Å²) >= 11 is 0. The fourth-order valence-corrected chi connectivity index (χ4v) is 2.51. The van der Waals surface area contributed by atoms with Crippen LogP contribution in [0.1, 0.15) is 29.3 Å². The number of hydrogen-bond acceptors (Lipinski definition) is 2. The molecule has 2 aromatic rings. The first-order valence-electron chi connectivity index (χ1n) is 6.03. The molecule has 88 valence electrons. The predicted molar refractivity (Wildman–Crippen MR) is 71.6 cm³/mol. The molecule has 0 fully saturated rings. The number of rotatable bonds is 1. The van der Waals surface area contributed by atoms with Crippen LogP contribution in [0, 0.1) is 0 Å². The van der Waals surface area contributed by atoms with Crippen molar-refractivity contribution in [1.29, 1.82) is 0 Å². The standard InChI is InChI=1S/C16H12O2/c1-2-10-9-14(17)16(18)13-8-7-11-5-3-4-6-12(11)15(10)13/h3-9H,2H2,1H3. The van der Waals surface area contributed by atoms with E-state index in [0.717, 1.165) is 28.3 Å². The van der Waals surface area contributed by atoms with Gasteiger partial charge in [-0.1, -0.05) is 37.3 Å². The van der Waals surface area contributed by atoms with Gasteiger partial charge in [0.25, 0.3) is 0 Å². The van der Waals surface area contributed by atoms with Crippen LogP contribution in [0.2, 0.25) is 0 Å². The van der Waals surface area contributed by atoms with Crippen LogP contribution in [0.5, 0.6) is 0 Å². The van der Waals surface area contributed by atoms with Crippen LogP contribution in [0.15, 0.2) is 42.5 Å². The summed E-state index contributed by atoms with van der Waals surface area (Å²) in [7, 11) is 0. The molecule has 0 atom stereocenters. The van der Waals surface area contributed by atoms with E-state index in [0.29, 0.717) is 5.56 Å². The van der Waals surface area contributed by atoms with E-state index < -0.39 is 11.6 Å². The quantitative estimate of drug-likeness (QED) is 0.711. The molecule has 1 aliphatic rings. The minimum Gasteiger partial charge on any atom is -0.286 e. The first-order chi connectivity index (χ1) is 8.72. The van der Waals surface area contributed by atoms with E-state index in [9.17, 15) is 9.59 Å². The van der Waals surface area contributed by atoms with Gasteiger partial charge in [-0.3, -0.25) is 9.59 Å². The van der Waals surface area contributed by atoms with Crippen LogP contribution in [-0.2, 0) is 4.79 Å². The third-order valence-electron chi connectivity index (χ3n) is 3.40. The molecule has 2 heteroatoms. The summed E-state index contributed by atoms with van der Waals surface area (Å²) in [6.07, 6.45) is 2.23. The van der Waals surface area contributed by atoms with E-state index in [1.54, 1.807) is 6.07 Å². The van der Waals surface area contributed by atoms with Crippen molar-refractivity contribution < 1.29 is 9.59 Å². The Balaban J connectivity index is 2.44. The second-order valence-electron chi connectivity index (χ2n) is 4.43. The SMILES string of the molecule is CCC1=CC(=O)C(=O)c2ccc3ccccc3c21. The first kappa shape index (κ1) is 10.9. The number of Topliss-reactive ketones (excluding diaryl/α,β-unsaturated/α-hetero) is 1. The van der Waals surface area contributed by atoms with Gasteiger partial charge in [0.1, 0.15) is 0 Å². The van der Waals surface area contributed by atoms with Crippen molar-refractivity contribution >= 4 is 27.9 Å². The molecule has 0 saturated heterocycles. The normalized spacial score (nSPS) is 14.6. The zero-order chi connectivity index (χ0) is 12.7. The summed E-state index contributed by atoms with van der Waals surface area (Å²) < 4.78 is 0. The van der Waals surface area contributed by atoms with Crippen molar-refractivity contribution in [3.63, 3.8) is 0 Å². The molecule has 18 heavy (non-hydrogen) atoms. The van der Waals surface area contributed by atoms with E-state index in [-0.39, 0.29) is 0 Å². The molecule has 2 nitrogen and oxygen atoms in total. The Morgan fingerprint density at radius 3 is 2.56 bits per heavy atom. The van der Waals surface area contributed by atoms with Gasteiger partial charge < -0.3 is 0 Å². The molecule has 0 amide bonds. The number of carbonyl (C=O) groups is 2. The van der Waals surface area contributed by atoms with Gasteiger partial charge >= 0.3 is 0 Å². The lowest BCUT2D eigenvalue weighted by molar-refractivity contribution is -0.111. The summed E-state index contributed by atoms with van der Waals surface area (Å²) in [5.74, 6) is -0.803. The van der Waals surface area contributed by atoms with Crippen molar-refractivity contribution in [2.45, 2.75) is 13.3 Å². The van der Waals surface area contributed by atoms with E-state index >= 15 is 0 Å². The number of carbonyl (C=O) groups excluding carboxylic acids is 2. The largest absolute Gasteiger partial charge is 0.286 e. The van der Waals surface area contributed by atoms with Crippen molar-refractivity contribution in [3.05, 3.63) is 53.6 Å². The van der Waals surface area contributed by atoms with Gasteiger partial charge in [0.05, 0.1) is 0 Å². The first-order valence-corrected chi connectivity index (χ1v) is 6.03. The van der Waals surface area contributed by atoms with Crippen LogP contribution < -0.4 is 0 Å². The Morgan fingerprint density at radius 1 is 1.00 bits per heavy atom. The lowest BCUT2D eigenvalue weighted by Gasteiger charge is -2.17. The van der Waals surface area contributed by atoms with Crippen LogP contribution in [0.25, 0.3) is 16.3 Å². The molecule has 0 unspecified atom stereocenters. The fourth-order valence-electron chi connectivity index (χ4n) is 2.51. The van der Waals surface area contributed by atoms with Gasteiger partial charge in [-0.15, -0.1) is 0 Å². The number of benzene rings is 2. The van der Waals surface area contributed by atoms with Crippen molar-refractivity contribution in [2.24, 2.45) is 0 Å². The predicted octanol–water partition coefficient (Wildman–Crippen LogP) is 3.40. The molecule has 0 aliphatic heterocycles. The second-order valence-corrected chi connectivity index (χ2v) is 4.43. The second kappa shape index (κ2) is 3.91. The fraction of sp³-hybridized carbons (Fsp3) is 0.125. The highest BCUT2D eigenvalue weighted by Crippen LogP contribution is 2.33. The monoisotopic (exact) mass is 236 g/mol. The van der Waals surface area contributed by atoms with Crippen LogP contribution >= 0.6 is 0 Å². The van der Waals surface area contributed by atoms with E-state index in [4.69, 9.17) is 0 Å². The third-order valence-corrected chi connectivity index (χ3v) is 3.40. The Labute approximate surface area is 105 Å². The van der Waals surface area contributed by atoms with Gasteiger partial charge in [-0.25, -0.2) is 0 Å². The molecular weight excluding hydrogens is 224 g/mol. The Morgan fingerprint density at radius 2 is 1.78 bits per heavy atom. The van der Waals surface area contributed by atoms with Crippen molar-refractivity contribution in [1.82, 2.24) is 0 Å². The molecular formula is C16H12O2. The summed E-state index contributed by atoms with van der Waals surface area (Å²) in [5, 5.41) is 2.14. The number of allylic oxidation sites excluding steroid dienone is 2. The summed E-state index contributed by atoms with van der Waals surface area (Å²) in [6, 6.07) is 11.6. The maximum atomic E-state index is 11.9. The van der Waals surface area contributed by atoms with Gasteiger partial charge in [0, 0.05) is 5.56 Å². The topological polar surface area (TPSA) is 34.1 Å². The maximum absolute atomic E-state index is 11.9. The summed E-state index contributed by atoms with van der Waals surface area (Å²) in [6.45, 7) is 2.00. The van der Waals surface area contributed by atoms with Crippen LogP contribution in [-0.4, -0.2) is 11.6 Å². The summed E-state index contributed by atoms with van der Waals surface area (Å²) in [4.78, 5) is 23.6. The Hall–Kier alpha value is -2.22. The minimum absolute atomic E-state index is 0.395. The molecule has 0 spiro atoms. The third kappa shape index (κ3) is 1.42. The maximum Gasteiger partial charge on any atom is 0.233 e. The van der Waals surface area contributed by atoms with Gasteiger partial charge in [0.15, 0.2) is 0 Å². The number of ketones is 2. The highest BCUT2D eigenvalue weighted by molar-refractivity contribution is 6.51. The lowest BCUT2D eigenvalue weighted by Crippen LogP contribution is -2.18. The lowest BCUT2D eigenvalue weighted by atomic mass is 9.84. The molecule has 0 aromatic heterocycles. The number of hydrogen-bond donors (Lipinski definition) is 0. The minimum atomic E-state index is -0.408. The van der Waals surface area contributed by atoms with Crippen LogP contribution in [0.4, 0.5) is 0 Å². The van der Waals surface area contributed by atoms with Gasteiger partial charge in [-0.2, -0.15) is 0 Å². The Bertz CT molecular complexity index is 708. The zero-order valence-corrected chi connectivity index (χ0v) is 10.1. The van der Waals surface area contributed by atoms with E-state index in [1.807, 2.05) is 37.3 Å². The average Bonchev–Trinajstić information content (AvgIpc) is 2.42. The highest BCUT2D eigenvalue weighted by atomic mass is 16.2. The summed E-state index contributed by atoms with van der Waals surface area (Å²) in [5.41, 5.74) is 2.42. The average molecular weight is 236 g/mol. The molecule has 3 rings (SSSR count).